The van der Waals surface area contributed by atoms with Gasteiger partial charge in [0.15, 0.2) is 0 Å². The van der Waals surface area contributed by atoms with Crippen LogP contribution in [0.3, 0.4) is 0 Å². The van der Waals surface area contributed by atoms with Crippen LogP contribution in [0.15, 0.2) is 10.7 Å². The van der Waals surface area contributed by atoms with Crippen molar-refractivity contribution in [2.45, 2.75) is 13.8 Å². The predicted octanol–water partition coefficient (Wildman–Crippen LogP) is 0.472. The number of carbonyl (C=O) groups excluding carboxylic acids is 1. The average molecular weight is 317 g/mol. The molecule has 1 heterocycles. The van der Waals surface area contributed by atoms with Crippen molar-refractivity contribution < 1.29 is 4.79 Å². The van der Waals surface area contributed by atoms with Crippen LogP contribution in [0, 0.1) is 5.92 Å². The largest absolute Gasteiger partial charge is 0.368 e. The number of hydrogen-bond acceptors (Lipinski definition) is 6. The van der Waals surface area contributed by atoms with Gasteiger partial charge in [0.05, 0.1) is 11.0 Å². The number of hydrogen-bond donors (Lipinski definition) is 3. The van der Waals surface area contributed by atoms with Crippen LogP contribution in [0.4, 0.5) is 11.8 Å². The number of rotatable bonds is 6. The Balaban J connectivity index is 3.06. The highest BCUT2D eigenvalue weighted by molar-refractivity contribution is 9.10. The van der Waals surface area contributed by atoms with Crippen molar-refractivity contribution in [3.8, 4) is 0 Å². The number of nitrogen functional groups attached to an aromatic ring is 1. The quantitative estimate of drug-likeness (QED) is 0.520. The standard InChI is InChI=1S/C10H17BrN6O/c1-6(2)4-17(5-8(12)18)9-7(11)3-14-10(15-9)16-13/h3,6H,4-5,13H2,1-2H3,(H2,12,18)(H,14,15,16). The predicted molar refractivity (Wildman–Crippen MR) is 73.8 cm³/mol. The zero-order chi connectivity index (χ0) is 13.7. The molecule has 0 atom stereocenters. The molecule has 0 aliphatic rings. The molecule has 1 aromatic rings. The van der Waals surface area contributed by atoms with Crippen molar-refractivity contribution >= 4 is 33.6 Å². The molecule has 0 unspecified atom stereocenters. The van der Waals surface area contributed by atoms with Gasteiger partial charge in [-0.1, -0.05) is 13.8 Å². The Morgan fingerprint density at radius 3 is 2.78 bits per heavy atom. The first-order valence-electron chi connectivity index (χ1n) is 5.46. The summed E-state index contributed by atoms with van der Waals surface area (Å²) in [4.78, 5) is 21.1. The molecule has 0 aliphatic carbocycles. The van der Waals surface area contributed by atoms with Crippen molar-refractivity contribution in [1.29, 1.82) is 0 Å². The average Bonchev–Trinajstić information content (AvgIpc) is 2.27. The number of carbonyl (C=O) groups is 1. The van der Waals surface area contributed by atoms with Crippen LogP contribution in [0.5, 0.6) is 0 Å². The van der Waals surface area contributed by atoms with Crippen LogP contribution in [0.2, 0.25) is 0 Å². The first kappa shape index (κ1) is 14.7. The van der Waals surface area contributed by atoms with E-state index in [9.17, 15) is 4.79 Å². The summed E-state index contributed by atoms with van der Waals surface area (Å²) in [5.74, 6) is 6.09. The zero-order valence-corrected chi connectivity index (χ0v) is 11.9. The minimum Gasteiger partial charge on any atom is -0.368 e. The highest BCUT2D eigenvalue weighted by Gasteiger charge is 2.16. The Hall–Kier alpha value is -1.41. The van der Waals surface area contributed by atoms with Gasteiger partial charge < -0.3 is 10.6 Å². The lowest BCUT2D eigenvalue weighted by molar-refractivity contribution is -0.116. The molecule has 7 nitrogen and oxygen atoms in total. The van der Waals surface area contributed by atoms with Gasteiger partial charge >= 0.3 is 0 Å². The summed E-state index contributed by atoms with van der Waals surface area (Å²) in [7, 11) is 0. The highest BCUT2D eigenvalue weighted by Crippen LogP contribution is 2.24. The molecule has 0 spiro atoms. The number of nitrogens with one attached hydrogen (secondary N) is 1. The molecule has 0 saturated carbocycles. The first-order chi connectivity index (χ1) is 8.43. The molecular formula is C10H17BrN6O. The summed E-state index contributed by atoms with van der Waals surface area (Å²) in [5.41, 5.74) is 7.62. The summed E-state index contributed by atoms with van der Waals surface area (Å²) in [6, 6.07) is 0. The second kappa shape index (κ2) is 6.50. The summed E-state index contributed by atoms with van der Waals surface area (Å²) in [5, 5.41) is 0. The third kappa shape index (κ3) is 4.11. The molecule has 0 fully saturated rings. The molecule has 0 aliphatic heterocycles. The molecule has 18 heavy (non-hydrogen) atoms. The summed E-state index contributed by atoms with van der Waals surface area (Å²) in [6.07, 6.45) is 1.58. The van der Waals surface area contributed by atoms with Gasteiger partial charge in [-0.25, -0.2) is 10.8 Å². The summed E-state index contributed by atoms with van der Waals surface area (Å²) < 4.78 is 0.684. The van der Waals surface area contributed by atoms with Crippen molar-refractivity contribution in [1.82, 2.24) is 9.97 Å². The number of nitrogens with zero attached hydrogens (tertiary/aromatic N) is 3. The van der Waals surface area contributed by atoms with E-state index in [1.165, 1.54) is 0 Å². The van der Waals surface area contributed by atoms with Gasteiger partial charge in [-0.15, -0.1) is 0 Å². The Bertz CT molecular complexity index is 425. The van der Waals surface area contributed by atoms with E-state index in [1.54, 1.807) is 11.1 Å². The number of hydrazine groups is 1. The summed E-state index contributed by atoms with van der Waals surface area (Å²) in [6.45, 7) is 4.84. The molecule has 1 amide bonds. The fraction of sp³-hybridized carbons (Fsp3) is 0.500. The maximum absolute atomic E-state index is 11.1. The number of halogens is 1. The number of aromatic nitrogens is 2. The number of amides is 1. The van der Waals surface area contributed by atoms with E-state index in [0.717, 1.165) is 0 Å². The van der Waals surface area contributed by atoms with E-state index >= 15 is 0 Å². The smallest absolute Gasteiger partial charge is 0.239 e. The molecule has 0 radical (unpaired) electrons. The third-order valence-corrected chi connectivity index (χ3v) is 2.65. The fourth-order valence-electron chi connectivity index (χ4n) is 1.50. The van der Waals surface area contributed by atoms with E-state index in [-0.39, 0.29) is 12.5 Å². The molecule has 0 bridgehead atoms. The van der Waals surface area contributed by atoms with Crippen molar-refractivity contribution in [2.24, 2.45) is 17.5 Å². The van der Waals surface area contributed by atoms with Gasteiger partial charge in [0.25, 0.3) is 0 Å². The monoisotopic (exact) mass is 316 g/mol. The molecule has 1 rings (SSSR count). The van der Waals surface area contributed by atoms with E-state index in [0.29, 0.717) is 22.8 Å². The van der Waals surface area contributed by atoms with Gasteiger partial charge in [0.2, 0.25) is 11.9 Å². The lowest BCUT2D eigenvalue weighted by atomic mass is 10.2. The van der Waals surface area contributed by atoms with E-state index in [2.05, 4.69) is 31.3 Å². The molecule has 100 valence electrons. The van der Waals surface area contributed by atoms with Gasteiger partial charge in [-0.2, -0.15) is 4.98 Å². The van der Waals surface area contributed by atoms with Crippen LogP contribution < -0.4 is 21.9 Å². The fourth-order valence-corrected chi connectivity index (χ4v) is 1.95. The van der Waals surface area contributed by atoms with Crippen LogP contribution in [-0.4, -0.2) is 29.0 Å². The Labute approximate surface area is 114 Å². The first-order valence-corrected chi connectivity index (χ1v) is 6.25. The van der Waals surface area contributed by atoms with Crippen LogP contribution >= 0.6 is 15.9 Å². The molecule has 5 N–H and O–H groups in total. The molecule has 0 aromatic carbocycles. The van der Waals surface area contributed by atoms with E-state index < -0.39 is 5.91 Å². The van der Waals surface area contributed by atoms with Crippen molar-refractivity contribution in [3.63, 3.8) is 0 Å². The third-order valence-electron chi connectivity index (χ3n) is 2.09. The second-order valence-electron chi connectivity index (χ2n) is 4.25. The van der Waals surface area contributed by atoms with Crippen molar-refractivity contribution in [3.05, 3.63) is 10.7 Å². The molecule has 0 saturated heterocycles. The van der Waals surface area contributed by atoms with Gasteiger partial charge in [-0.3, -0.25) is 10.2 Å². The Kier molecular flexibility index (Phi) is 5.29. The maximum atomic E-state index is 11.1. The SMILES string of the molecule is CC(C)CN(CC(N)=O)c1nc(NN)ncc1Br. The number of nitrogens with two attached hydrogens (primary N) is 2. The van der Waals surface area contributed by atoms with Crippen LogP contribution in [-0.2, 0) is 4.79 Å². The van der Waals surface area contributed by atoms with Gasteiger partial charge in [0.1, 0.15) is 5.82 Å². The normalized spacial score (nSPS) is 10.5. The van der Waals surface area contributed by atoms with Gasteiger partial charge in [-0.05, 0) is 21.8 Å². The minimum atomic E-state index is -0.414. The topological polar surface area (TPSA) is 110 Å². The number of anilines is 2. The lowest BCUT2D eigenvalue weighted by Crippen LogP contribution is -2.37. The molecule has 1 aromatic heterocycles. The second-order valence-corrected chi connectivity index (χ2v) is 5.10. The van der Waals surface area contributed by atoms with Gasteiger partial charge in [0, 0.05) is 12.7 Å². The number of primary amides is 1. The summed E-state index contributed by atoms with van der Waals surface area (Å²) >= 11 is 3.35. The van der Waals surface area contributed by atoms with E-state index in [4.69, 9.17) is 11.6 Å². The van der Waals surface area contributed by atoms with Crippen LogP contribution in [0.1, 0.15) is 13.8 Å². The minimum absolute atomic E-state index is 0.0950. The lowest BCUT2D eigenvalue weighted by Gasteiger charge is -2.25. The molecular weight excluding hydrogens is 300 g/mol. The van der Waals surface area contributed by atoms with E-state index in [1.807, 2.05) is 13.8 Å². The van der Waals surface area contributed by atoms with Crippen molar-refractivity contribution in [2.75, 3.05) is 23.4 Å². The highest BCUT2D eigenvalue weighted by atomic mass is 79.9. The molecule has 8 heteroatoms. The van der Waals surface area contributed by atoms with Crippen LogP contribution in [0.25, 0.3) is 0 Å². The maximum Gasteiger partial charge on any atom is 0.239 e. The Morgan fingerprint density at radius 2 is 2.28 bits per heavy atom. The Morgan fingerprint density at radius 1 is 1.61 bits per heavy atom. The zero-order valence-electron chi connectivity index (χ0n) is 10.4.